The van der Waals surface area contributed by atoms with Crippen LogP contribution in [-0.4, -0.2) is 165 Å². The molecule has 3 aliphatic heterocycles. The van der Waals surface area contributed by atoms with Gasteiger partial charge in [-0.3, -0.25) is 9.59 Å². The number of aliphatic hydroxyl groups excluding tert-OH is 3. The number of aryl methyl sites for hydroxylation is 3. The highest BCUT2D eigenvalue weighted by atomic mass is 31.2. The normalized spacial score (nSPS) is 35.1. The third kappa shape index (κ3) is 16.5. The Morgan fingerprint density at radius 2 is 1.27 bits per heavy atom. The number of hydrogen-bond acceptors (Lipinski definition) is 13. The molecule has 0 saturated carbocycles. The van der Waals surface area contributed by atoms with Crippen molar-refractivity contribution >= 4 is 35.1 Å². The number of esters is 1. The Hall–Kier alpha value is -3.37. The van der Waals surface area contributed by atoms with E-state index in [1.54, 1.807) is 39.5 Å². The highest BCUT2D eigenvalue weighted by Gasteiger charge is 2.55. The summed E-state index contributed by atoms with van der Waals surface area (Å²) in [6.07, 6.45) is 1.60. The van der Waals surface area contributed by atoms with Crippen LogP contribution in [0, 0.1) is 44.4 Å². The van der Waals surface area contributed by atoms with Gasteiger partial charge in [0.15, 0.2) is 6.29 Å². The second-order valence-corrected chi connectivity index (χ2v) is 30.6. The number of nitrogens with zero attached hydrogens (tertiary/aromatic N) is 2. The van der Waals surface area contributed by atoms with E-state index in [4.69, 9.17) is 23.7 Å². The van der Waals surface area contributed by atoms with Gasteiger partial charge in [0, 0.05) is 38.5 Å². The molecule has 1 unspecified atom stereocenters. The van der Waals surface area contributed by atoms with Gasteiger partial charge in [-0.15, -0.1) is 0 Å². The van der Waals surface area contributed by atoms with Crippen molar-refractivity contribution in [2.24, 2.45) is 23.7 Å². The molecular formula is C69H110N2O12P+. The van der Waals surface area contributed by atoms with Gasteiger partial charge in [0.1, 0.15) is 53.2 Å². The maximum atomic E-state index is 14.8. The third-order valence-electron chi connectivity index (χ3n) is 19.5. The minimum Gasteiger partial charge on any atom is -0.459 e. The van der Waals surface area contributed by atoms with Gasteiger partial charge in [0.25, 0.3) is 0 Å². The number of rotatable bonds is 20. The first kappa shape index (κ1) is 69.7. The third-order valence-corrected chi connectivity index (χ3v) is 24.0. The monoisotopic (exact) mass is 1190 g/mol. The fraction of sp³-hybridized carbons (Fsp3) is 0.710. The fourth-order valence-electron chi connectivity index (χ4n) is 14.6. The Morgan fingerprint density at radius 3 is 1.77 bits per heavy atom. The summed E-state index contributed by atoms with van der Waals surface area (Å²) in [5, 5.41) is 65.4. The number of aliphatic hydroxyl groups is 5. The number of likely N-dealkylation sites (N-methyl/N-ethyl adjacent to an activating group) is 1. The van der Waals surface area contributed by atoms with E-state index in [0.29, 0.717) is 12.8 Å². The van der Waals surface area contributed by atoms with E-state index in [-0.39, 0.29) is 56.2 Å². The highest BCUT2D eigenvalue weighted by molar-refractivity contribution is 7.95. The zero-order valence-corrected chi connectivity index (χ0v) is 55.0. The molecule has 14 nitrogen and oxygen atoms in total. The van der Waals surface area contributed by atoms with Crippen molar-refractivity contribution in [2.75, 3.05) is 33.9 Å². The van der Waals surface area contributed by atoms with Crippen LogP contribution in [0.15, 0.2) is 72.8 Å². The van der Waals surface area contributed by atoms with Crippen molar-refractivity contribution < 1.29 is 58.8 Å². The Morgan fingerprint density at radius 1 is 0.750 bits per heavy atom. The number of ether oxygens (including phenoxy) is 5. The van der Waals surface area contributed by atoms with Crippen molar-refractivity contribution in [2.45, 2.75) is 257 Å². The fourth-order valence-corrected chi connectivity index (χ4v) is 19.3. The summed E-state index contributed by atoms with van der Waals surface area (Å²) in [4.78, 5) is 33.1. The SMILES string of the molecule is CC[C@H]1OC(=O)[C@H](C)C([C@H]2C[C@@](C)(OC)[C@@H](O)[C@H](C)O2)[C@H](C)[C@@H](O[C@@H]2O[C@H](C)C[C@H](N(C)C)[C@H]2O)[C@](C)(O)C[C@@H](C)CN(C(=O)CCCCCCCCCC[P+](c2cccc(C)c2)(c2cccc(C)c2)c2cccc(C)c2)[C@H](C)[C@@H](O)[C@]1(C)O. The molecule has 5 N–H and O–H groups in total. The first-order valence-electron chi connectivity index (χ1n) is 31.8. The summed E-state index contributed by atoms with van der Waals surface area (Å²) in [5.74, 6) is -3.64. The van der Waals surface area contributed by atoms with Gasteiger partial charge in [-0.1, -0.05) is 96.2 Å². The zero-order chi connectivity index (χ0) is 62.1. The molecule has 6 rings (SSSR count). The largest absolute Gasteiger partial charge is 0.459 e. The summed E-state index contributed by atoms with van der Waals surface area (Å²) < 4.78 is 32.2. The number of methoxy groups -OCH3 is 1. The van der Waals surface area contributed by atoms with E-state index in [1.165, 1.54) is 46.6 Å². The topological polar surface area (TPSA) is 188 Å². The minimum absolute atomic E-state index is 0.104. The lowest BCUT2D eigenvalue weighted by Gasteiger charge is -2.51. The van der Waals surface area contributed by atoms with Crippen LogP contribution in [0.2, 0.25) is 0 Å². The molecule has 3 aliphatic rings. The number of hydrogen-bond donors (Lipinski definition) is 5. The second kappa shape index (κ2) is 30.2. The first-order valence-corrected chi connectivity index (χ1v) is 33.8. The van der Waals surface area contributed by atoms with Crippen LogP contribution in [0.25, 0.3) is 0 Å². The zero-order valence-electron chi connectivity index (χ0n) is 54.1. The van der Waals surface area contributed by atoms with Crippen molar-refractivity contribution in [1.29, 1.82) is 0 Å². The summed E-state index contributed by atoms with van der Waals surface area (Å²) in [7, 11) is 3.38. The van der Waals surface area contributed by atoms with Crippen LogP contribution in [0.1, 0.15) is 169 Å². The van der Waals surface area contributed by atoms with E-state index in [2.05, 4.69) is 93.6 Å². The van der Waals surface area contributed by atoms with Crippen molar-refractivity contribution in [1.82, 2.24) is 9.80 Å². The number of carbonyl (C=O) groups is 2. The number of amides is 1. The van der Waals surface area contributed by atoms with Gasteiger partial charge < -0.3 is 59.0 Å². The van der Waals surface area contributed by atoms with Crippen molar-refractivity contribution in [3.63, 3.8) is 0 Å². The van der Waals surface area contributed by atoms with Gasteiger partial charge in [0.2, 0.25) is 5.91 Å². The Kier molecular flexibility index (Phi) is 25.1. The molecule has 3 fully saturated rings. The summed E-state index contributed by atoms with van der Waals surface area (Å²) in [5.41, 5.74) is -0.894. The highest BCUT2D eigenvalue weighted by Crippen LogP contribution is 2.56. The molecule has 3 aromatic carbocycles. The van der Waals surface area contributed by atoms with Crippen LogP contribution in [-0.2, 0) is 33.3 Å². The maximum absolute atomic E-state index is 14.8. The summed E-state index contributed by atoms with van der Waals surface area (Å²) >= 11 is 0. The molecule has 0 bridgehead atoms. The summed E-state index contributed by atoms with van der Waals surface area (Å²) in [6, 6.07) is 26.3. The van der Waals surface area contributed by atoms with Crippen LogP contribution in [0.5, 0.6) is 0 Å². The smallest absolute Gasteiger partial charge is 0.309 e. The Bertz CT molecular complexity index is 2450. The second-order valence-electron chi connectivity index (χ2n) is 27.0. The minimum atomic E-state index is -1.99. The van der Waals surface area contributed by atoms with Gasteiger partial charge in [-0.2, -0.15) is 0 Å². The van der Waals surface area contributed by atoms with E-state index in [1.807, 2.05) is 46.7 Å². The predicted molar refractivity (Wildman–Crippen MR) is 338 cm³/mol. The predicted octanol–water partition coefficient (Wildman–Crippen LogP) is 9.50. The molecule has 15 heteroatoms. The van der Waals surface area contributed by atoms with Crippen LogP contribution in [0.3, 0.4) is 0 Å². The molecule has 0 radical (unpaired) electrons. The molecule has 0 aliphatic carbocycles. The molecule has 84 heavy (non-hydrogen) atoms. The van der Waals surface area contributed by atoms with Crippen LogP contribution < -0.4 is 15.9 Å². The van der Waals surface area contributed by atoms with Crippen LogP contribution in [0.4, 0.5) is 0 Å². The standard InChI is InChI=1S/C69H110N2O12P/c1-17-58-69(13,78)62(74)51(9)71(59(72)35-24-22-20-18-19-21-23-25-36-84(53-32-26-29-44(2)37-53,54-33-27-30-45(3)38-54)55-34-28-31-46(4)39-55)43-47(5)41-67(11,77)64(83-66-61(73)56(70(14)15)40-48(6)80-66)49(7)60(50(8)65(76)82-58)57-42-68(12,79-16)63(75)52(10)81-57/h26-34,37-39,47-52,56-58,60-64,66,73-75,77-78H,17-25,35-36,40-43H2,1-16H3/q+1/t47-,48-,49+,50-,51-,52+,56+,57-,58-,60?,61-,62-,63+,64-,66+,67-,68-,69-/m1/s1. The molecule has 3 saturated heterocycles. The Balaban J connectivity index is 1.19. The number of unbranched alkanes of at least 4 members (excludes halogenated alkanes) is 7. The average molecular weight is 1190 g/mol. The van der Waals surface area contributed by atoms with Gasteiger partial charge in [-0.05, 0) is 180 Å². The lowest BCUT2D eigenvalue weighted by molar-refractivity contribution is -0.302. The van der Waals surface area contributed by atoms with Crippen molar-refractivity contribution in [3.8, 4) is 0 Å². The molecule has 1 amide bonds. The molecule has 3 heterocycles. The van der Waals surface area contributed by atoms with E-state index < -0.39 is 103 Å². The number of carbonyl (C=O) groups excluding carboxylic acids is 2. The lowest BCUT2D eigenvalue weighted by atomic mass is 9.68. The van der Waals surface area contributed by atoms with Crippen molar-refractivity contribution in [3.05, 3.63) is 89.5 Å². The molecule has 0 aromatic heterocycles. The van der Waals surface area contributed by atoms with Gasteiger partial charge >= 0.3 is 5.97 Å². The van der Waals surface area contributed by atoms with E-state index in [0.717, 1.165) is 51.1 Å². The molecule has 472 valence electrons. The molecule has 0 spiro atoms. The quantitative estimate of drug-likeness (QED) is 0.0409. The molecular weight excluding hydrogens is 1080 g/mol. The van der Waals surface area contributed by atoms with Gasteiger partial charge in [-0.25, -0.2) is 0 Å². The van der Waals surface area contributed by atoms with Crippen LogP contribution >= 0.6 is 7.26 Å². The average Bonchev–Trinajstić information content (AvgIpc) is 3.06. The molecule has 18 atom stereocenters. The lowest BCUT2D eigenvalue weighted by Crippen LogP contribution is -2.61. The molecule has 3 aromatic rings. The summed E-state index contributed by atoms with van der Waals surface area (Å²) in [6.45, 7) is 24.5. The number of cyclic esters (lactones) is 1. The maximum Gasteiger partial charge on any atom is 0.309 e. The van der Waals surface area contributed by atoms with Gasteiger partial charge in [0.05, 0.1) is 53.7 Å². The Labute approximate surface area is 506 Å². The van der Waals surface area contributed by atoms with E-state index >= 15 is 0 Å². The first-order chi connectivity index (χ1) is 39.5. The number of benzene rings is 3. The van der Waals surface area contributed by atoms with E-state index in [9.17, 15) is 35.1 Å².